The molecule has 1 aliphatic carbocycles. The predicted molar refractivity (Wildman–Crippen MR) is 110 cm³/mol. The minimum atomic E-state index is 0. The van der Waals surface area contributed by atoms with Crippen LogP contribution in [0.2, 0.25) is 5.02 Å². The van der Waals surface area contributed by atoms with Crippen LogP contribution in [0.1, 0.15) is 38.5 Å². The summed E-state index contributed by atoms with van der Waals surface area (Å²) < 4.78 is 5.29. The van der Waals surface area contributed by atoms with Crippen LogP contribution in [-0.2, 0) is 6.54 Å². The summed E-state index contributed by atoms with van der Waals surface area (Å²) in [4.78, 5) is 8.94. The molecular weight excluding hydrogens is 453 g/mol. The van der Waals surface area contributed by atoms with Gasteiger partial charge in [0.1, 0.15) is 6.54 Å². The van der Waals surface area contributed by atoms with Crippen molar-refractivity contribution < 1.29 is 4.52 Å². The Morgan fingerprint density at radius 1 is 1.28 bits per heavy atom. The van der Waals surface area contributed by atoms with Gasteiger partial charge in [-0.2, -0.15) is 4.98 Å². The van der Waals surface area contributed by atoms with Crippen molar-refractivity contribution in [1.29, 1.82) is 0 Å². The Balaban J connectivity index is 0.00000225. The smallest absolute Gasteiger partial charge is 0.248 e. The summed E-state index contributed by atoms with van der Waals surface area (Å²) >= 11 is 5.89. The van der Waals surface area contributed by atoms with E-state index in [1.165, 1.54) is 25.7 Å². The molecule has 1 heterocycles. The standard InChI is InChI=1S/C17H22ClN5O.HI/c1-2-19-17(21-14-5-3-4-6-14)20-11-15-22-16(23-24-15)12-7-9-13(18)10-8-12;/h7-10,14H,2-6,11H2,1H3,(H2,19,20,21);1H. The van der Waals surface area contributed by atoms with E-state index in [1.54, 1.807) is 12.1 Å². The third-order valence-corrected chi connectivity index (χ3v) is 4.24. The average Bonchev–Trinajstić information content (AvgIpc) is 3.25. The van der Waals surface area contributed by atoms with Crippen LogP contribution < -0.4 is 10.6 Å². The summed E-state index contributed by atoms with van der Waals surface area (Å²) in [7, 11) is 0. The SMILES string of the molecule is CCNC(=NCc1nc(-c2ccc(Cl)cc2)no1)NC1CCCC1.I. The molecule has 1 aliphatic rings. The number of rotatable bonds is 5. The molecule has 1 saturated carbocycles. The lowest BCUT2D eigenvalue weighted by molar-refractivity contribution is 0.380. The molecule has 0 aliphatic heterocycles. The van der Waals surface area contributed by atoms with Crippen molar-refractivity contribution in [3.8, 4) is 11.4 Å². The molecule has 1 aromatic carbocycles. The van der Waals surface area contributed by atoms with Crippen molar-refractivity contribution in [2.24, 2.45) is 4.99 Å². The Kier molecular flexibility index (Phi) is 7.95. The van der Waals surface area contributed by atoms with Gasteiger partial charge in [-0.25, -0.2) is 4.99 Å². The van der Waals surface area contributed by atoms with Crippen LogP contribution in [0.3, 0.4) is 0 Å². The third-order valence-electron chi connectivity index (χ3n) is 3.98. The van der Waals surface area contributed by atoms with E-state index in [0.29, 0.717) is 29.3 Å². The van der Waals surface area contributed by atoms with E-state index in [1.807, 2.05) is 12.1 Å². The minimum absolute atomic E-state index is 0. The molecule has 8 heteroatoms. The molecule has 6 nitrogen and oxygen atoms in total. The van der Waals surface area contributed by atoms with E-state index >= 15 is 0 Å². The number of nitrogens with zero attached hydrogens (tertiary/aromatic N) is 3. The molecule has 3 rings (SSSR count). The maximum absolute atomic E-state index is 5.89. The first-order valence-corrected chi connectivity index (χ1v) is 8.76. The number of hydrogen-bond donors (Lipinski definition) is 2. The highest BCUT2D eigenvalue weighted by Crippen LogP contribution is 2.19. The van der Waals surface area contributed by atoms with Crippen molar-refractivity contribution in [2.75, 3.05) is 6.54 Å². The average molecular weight is 476 g/mol. The second-order valence-corrected chi connectivity index (χ2v) is 6.28. The number of nitrogens with one attached hydrogen (secondary N) is 2. The second-order valence-electron chi connectivity index (χ2n) is 5.84. The Hall–Kier alpha value is -1.35. The van der Waals surface area contributed by atoms with Crippen LogP contribution in [0.15, 0.2) is 33.8 Å². The van der Waals surface area contributed by atoms with Crippen LogP contribution in [-0.4, -0.2) is 28.7 Å². The normalized spacial score (nSPS) is 15.0. The van der Waals surface area contributed by atoms with Gasteiger partial charge in [-0.3, -0.25) is 0 Å². The summed E-state index contributed by atoms with van der Waals surface area (Å²) in [5.74, 6) is 1.84. The van der Waals surface area contributed by atoms with E-state index in [9.17, 15) is 0 Å². The quantitative estimate of drug-likeness (QED) is 0.388. The fraction of sp³-hybridized carbons (Fsp3) is 0.471. The van der Waals surface area contributed by atoms with Gasteiger partial charge >= 0.3 is 0 Å². The minimum Gasteiger partial charge on any atom is -0.357 e. The summed E-state index contributed by atoms with van der Waals surface area (Å²) in [6, 6.07) is 7.85. The summed E-state index contributed by atoms with van der Waals surface area (Å²) in [6.45, 7) is 3.22. The van der Waals surface area contributed by atoms with Crippen molar-refractivity contribution in [2.45, 2.75) is 45.2 Å². The van der Waals surface area contributed by atoms with Crippen molar-refractivity contribution in [1.82, 2.24) is 20.8 Å². The molecular formula is C17H23ClIN5O. The topological polar surface area (TPSA) is 75.3 Å². The Labute approximate surface area is 169 Å². The second kappa shape index (κ2) is 9.96. The summed E-state index contributed by atoms with van der Waals surface area (Å²) in [6.07, 6.45) is 4.97. The zero-order chi connectivity index (χ0) is 16.8. The van der Waals surface area contributed by atoms with Crippen LogP contribution in [0.5, 0.6) is 0 Å². The maximum Gasteiger partial charge on any atom is 0.248 e. The van der Waals surface area contributed by atoms with Crippen LogP contribution in [0.4, 0.5) is 0 Å². The van der Waals surface area contributed by atoms with E-state index < -0.39 is 0 Å². The molecule has 0 unspecified atom stereocenters. The van der Waals surface area contributed by atoms with E-state index in [-0.39, 0.29) is 24.0 Å². The van der Waals surface area contributed by atoms with E-state index in [0.717, 1.165) is 18.1 Å². The van der Waals surface area contributed by atoms with Crippen molar-refractivity contribution in [3.63, 3.8) is 0 Å². The molecule has 1 aromatic heterocycles. The Bertz CT molecular complexity index is 683. The van der Waals surface area contributed by atoms with Gasteiger partial charge in [0.2, 0.25) is 11.7 Å². The first-order valence-electron chi connectivity index (χ1n) is 8.38. The molecule has 0 amide bonds. The zero-order valence-corrected chi connectivity index (χ0v) is 17.3. The summed E-state index contributed by atoms with van der Waals surface area (Å²) in [5.41, 5.74) is 0.870. The molecule has 1 fully saturated rings. The van der Waals surface area contributed by atoms with Gasteiger partial charge in [0.15, 0.2) is 5.96 Å². The molecule has 0 spiro atoms. The largest absolute Gasteiger partial charge is 0.357 e. The summed E-state index contributed by atoms with van der Waals surface area (Å²) in [5, 5.41) is 11.4. The van der Waals surface area contributed by atoms with Crippen LogP contribution in [0, 0.1) is 0 Å². The van der Waals surface area contributed by atoms with Crippen molar-refractivity contribution >= 4 is 41.5 Å². The number of halogens is 2. The molecule has 0 radical (unpaired) electrons. The monoisotopic (exact) mass is 475 g/mol. The van der Waals surface area contributed by atoms with Gasteiger partial charge in [0.25, 0.3) is 0 Å². The zero-order valence-electron chi connectivity index (χ0n) is 14.2. The van der Waals surface area contributed by atoms with E-state index in [4.69, 9.17) is 16.1 Å². The van der Waals surface area contributed by atoms with E-state index in [2.05, 4.69) is 32.7 Å². The third kappa shape index (κ3) is 5.85. The molecule has 136 valence electrons. The van der Waals surface area contributed by atoms with Gasteiger partial charge in [-0.1, -0.05) is 29.6 Å². The molecule has 25 heavy (non-hydrogen) atoms. The number of benzene rings is 1. The highest BCUT2D eigenvalue weighted by atomic mass is 127. The molecule has 2 N–H and O–H groups in total. The highest BCUT2D eigenvalue weighted by molar-refractivity contribution is 14.0. The Morgan fingerprint density at radius 3 is 2.68 bits per heavy atom. The lowest BCUT2D eigenvalue weighted by atomic mass is 10.2. The fourth-order valence-electron chi connectivity index (χ4n) is 2.77. The van der Waals surface area contributed by atoms with Gasteiger partial charge in [-0.15, -0.1) is 24.0 Å². The van der Waals surface area contributed by atoms with Gasteiger partial charge in [0, 0.05) is 23.2 Å². The fourth-order valence-corrected chi connectivity index (χ4v) is 2.89. The molecule has 0 bridgehead atoms. The van der Waals surface area contributed by atoms with Gasteiger partial charge in [-0.05, 0) is 44.0 Å². The number of aliphatic imine (C=N–C) groups is 1. The Morgan fingerprint density at radius 2 is 2.00 bits per heavy atom. The van der Waals surface area contributed by atoms with Gasteiger partial charge in [0.05, 0.1) is 0 Å². The van der Waals surface area contributed by atoms with Crippen LogP contribution in [0.25, 0.3) is 11.4 Å². The van der Waals surface area contributed by atoms with Crippen LogP contribution >= 0.6 is 35.6 Å². The molecule has 0 saturated heterocycles. The van der Waals surface area contributed by atoms with Crippen molar-refractivity contribution in [3.05, 3.63) is 35.2 Å². The maximum atomic E-state index is 5.89. The lowest BCUT2D eigenvalue weighted by Gasteiger charge is -2.16. The number of guanidine groups is 1. The highest BCUT2D eigenvalue weighted by Gasteiger charge is 2.16. The van der Waals surface area contributed by atoms with Gasteiger partial charge < -0.3 is 15.2 Å². The predicted octanol–water partition coefficient (Wildman–Crippen LogP) is 4.01. The first-order chi connectivity index (χ1) is 11.7. The lowest BCUT2D eigenvalue weighted by Crippen LogP contribution is -2.42. The number of hydrogen-bond acceptors (Lipinski definition) is 4. The first kappa shape index (κ1) is 20.0. The molecule has 2 aromatic rings. The molecule has 0 atom stereocenters. The number of aromatic nitrogens is 2.